The van der Waals surface area contributed by atoms with E-state index in [1.807, 2.05) is 0 Å². The molecule has 0 aromatic rings. The third kappa shape index (κ3) is 2.12. The van der Waals surface area contributed by atoms with Gasteiger partial charge < -0.3 is 4.74 Å². The standard InChI is InChI=1S/C8H7F5O4/c1-4(2)5(14)16-17-8(13)7(11,12)6(9,10)3-15-8/h1,3H2,2H3. The molecule has 0 bridgehead atoms. The molecule has 0 aromatic carbocycles. The highest BCUT2D eigenvalue weighted by atomic mass is 19.3. The second-order valence-corrected chi connectivity index (χ2v) is 3.34. The van der Waals surface area contributed by atoms with E-state index in [1.54, 1.807) is 0 Å². The van der Waals surface area contributed by atoms with Crippen LogP contribution in [0.1, 0.15) is 6.92 Å². The number of rotatable bonds is 3. The van der Waals surface area contributed by atoms with Crippen LogP contribution in [0.15, 0.2) is 12.2 Å². The van der Waals surface area contributed by atoms with E-state index in [1.165, 1.54) is 0 Å². The van der Waals surface area contributed by atoms with Crippen molar-refractivity contribution in [3.63, 3.8) is 0 Å². The van der Waals surface area contributed by atoms with Crippen LogP contribution in [-0.2, 0) is 19.3 Å². The number of hydrogen-bond acceptors (Lipinski definition) is 4. The van der Waals surface area contributed by atoms with Gasteiger partial charge in [-0.25, -0.2) is 4.79 Å². The van der Waals surface area contributed by atoms with Crippen molar-refractivity contribution in [3.05, 3.63) is 12.2 Å². The van der Waals surface area contributed by atoms with E-state index in [9.17, 15) is 26.7 Å². The predicted molar refractivity (Wildman–Crippen MR) is 41.7 cm³/mol. The normalized spacial score (nSPS) is 30.0. The molecule has 1 unspecified atom stereocenters. The van der Waals surface area contributed by atoms with Crippen LogP contribution >= 0.6 is 0 Å². The summed E-state index contributed by atoms with van der Waals surface area (Å²) >= 11 is 0. The van der Waals surface area contributed by atoms with Gasteiger partial charge in [0.25, 0.3) is 0 Å². The lowest BCUT2D eigenvalue weighted by molar-refractivity contribution is -0.484. The first-order chi connectivity index (χ1) is 7.53. The molecule has 1 aliphatic heterocycles. The summed E-state index contributed by atoms with van der Waals surface area (Å²) in [5.41, 5.74) is -0.304. The van der Waals surface area contributed by atoms with Crippen molar-refractivity contribution in [2.24, 2.45) is 0 Å². The average Bonchev–Trinajstić information content (AvgIpc) is 2.36. The minimum absolute atomic E-state index is 0.304. The first-order valence-corrected chi connectivity index (χ1v) is 4.17. The van der Waals surface area contributed by atoms with Crippen molar-refractivity contribution in [2.75, 3.05) is 6.61 Å². The summed E-state index contributed by atoms with van der Waals surface area (Å²) in [6.07, 6.45) is 0. The Labute approximate surface area is 91.9 Å². The minimum atomic E-state index is -5.28. The number of carbonyl (C=O) groups is 1. The first kappa shape index (κ1) is 13.8. The minimum Gasteiger partial charge on any atom is -0.310 e. The van der Waals surface area contributed by atoms with Crippen LogP contribution < -0.4 is 0 Å². The molecule has 0 aromatic heterocycles. The summed E-state index contributed by atoms with van der Waals surface area (Å²) in [7, 11) is 0. The van der Waals surface area contributed by atoms with Crippen molar-refractivity contribution in [1.29, 1.82) is 0 Å². The van der Waals surface area contributed by atoms with E-state index < -0.39 is 30.5 Å². The van der Waals surface area contributed by atoms with Gasteiger partial charge in [-0.1, -0.05) is 6.58 Å². The summed E-state index contributed by atoms with van der Waals surface area (Å²) in [6, 6.07) is -4.53. The Morgan fingerprint density at radius 3 is 2.18 bits per heavy atom. The van der Waals surface area contributed by atoms with Crippen LogP contribution in [0.3, 0.4) is 0 Å². The maximum Gasteiger partial charge on any atom is 0.428 e. The fourth-order valence-corrected chi connectivity index (χ4v) is 0.822. The Balaban J connectivity index is 2.77. The van der Waals surface area contributed by atoms with E-state index in [-0.39, 0.29) is 5.57 Å². The van der Waals surface area contributed by atoms with Crippen LogP contribution in [0.2, 0.25) is 0 Å². The van der Waals surface area contributed by atoms with Crippen molar-refractivity contribution in [3.8, 4) is 0 Å². The molecule has 1 rings (SSSR count). The van der Waals surface area contributed by atoms with Gasteiger partial charge in [0, 0.05) is 5.57 Å². The zero-order valence-electron chi connectivity index (χ0n) is 8.44. The van der Waals surface area contributed by atoms with Gasteiger partial charge >= 0.3 is 23.9 Å². The van der Waals surface area contributed by atoms with Crippen LogP contribution in [0.25, 0.3) is 0 Å². The molecule has 98 valence electrons. The van der Waals surface area contributed by atoms with E-state index in [0.717, 1.165) is 6.92 Å². The maximum atomic E-state index is 13.2. The summed E-state index contributed by atoms with van der Waals surface area (Å²) in [4.78, 5) is 17.6. The van der Waals surface area contributed by atoms with E-state index in [4.69, 9.17) is 0 Å². The fraction of sp³-hybridized carbons (Fsp3) is 0.625. The largest absolute Gasteiger partial charge is 0.428 e. The molecule has 17 heavy (non-hydrogen) atoms. The number of halogens is 5. The highest BCUT2D eigenvalue weighted by molar-refractivity contribution is 5.86. The molecule has 0 N–H and O–H groups in total. The first-order valence-electron chi connectivity index (χ1n) is 4.17. The van der Waals surface area contributed by atoms with Gasteiger partial charge in [-0.3, -0.25) is 4.89 Å². The molecular weight excluding hydrogens is 255 g/mol. The van der Waals surface area contributed by atoms with Crippen LogP contribution in [0.5, 0.6) is 0 Å². The van der Waals surface area contributed by atoms with Crippen LogP contribution in [0, 0.1) is 0 Å². The van der Waals surface area contributed by atoms with Gasteiger partial charge in [-0.2, -0.15) is 22.0 Å². The Hall–Kier alpha value is -1.22. The van der Waals surface area contributed by atoms with Crippen molar-refractivity contribution < 1.29 is 41.3 Å². The Bertz CT molecular complexity index is 356. The van der Waals surface area contributed by atoms with Gasteiger partial charge in [0.1, 0.15) is 6.61 Å². The Kier molecular flexibility index (Phi) is 3.19. The third-order valence-corrected chi connectivity index (χ3v) is 1.85. The molecule has 4 nitrogen and oxygen atoms in total. The number of ether oxygens (including phenoxy) is 1. The van der Waals surface area contributed by atoms with Gasteiger partial charge in [-0.05, 0) is 6.92 Å². The van der Waals surface area contributed by atoms with Crippen molar-refractivity contribution >= 4 is 5.97 Å². The molecule has 1 aliphatic rings. The van der Waals surface area contributed by atoms with E-state index >= 15 is 0 Å². The van der Waals surface area contributed by atoms with Gasteiger partial charge in [0.05, 0.1) is 0 Å². The summed E-state index contributed by atoms with van der Waals surface area (Å²) in [5.74, 6) is -11.4. The topological polar surface area (TPSA) is 44.8 Å². The van der Waals surface area contributed by atoms with E-state index in [0.29, 0.717) is 0 Å². The van der Waals surface area contributed by atoms with Crippen LogP contribution in [0.4, 0.5) is 22.0 Å². The maximum absolute atomic E-state index is 13.2. The van der Waals surface area contributed by atoms with Crippen LogP contribution in [-0.4, -0.2) is 30.5 Å². The number of alkyl halides is 5. The molecule has 1 atom stereocenters. The zero-order chi connectivity index (χ0) is 13.5. The molecule has 0 spiro atoms. The molecule has 0 radical (unpaired) electrons. The molecule has 0 aliphatic carbocycles. The second-order valence-electron chi connectivity index (χ2n) is 3.34. The van der Waals surface area contributed by atoms with Crippen molar-refractivity contribution in [2.45, 2.75) is 24.8 Å². The summed E-state index contributed by atoms with van der Waals surface area (Å²) in [5, 5.41) is 0. The molecular formula is C8H7F5O4. The van der Waals surface area contributed by atoms with Gasteiger partial charge in [0.2, 0.25) is 0 Å². The van der Waals surface area contributed by atoms with Gasteiger partial charge in [0.15, 0.2) is 0 Å². The molecule has 1 fully saturated rings. The lowest BCUT2D eigenvalue weighted by Crippen LogP contribution is -2.51. The molecule has 0 saturated carbocycles. The van der Waals surface area contributed by atoms with Gasteiger partial charge in [-0.15, -0.1) is 4.89 Å². The molecule has 0 amide bonds. The summed E-state index contributed by atoms with van der Waals surface area (Å²) < 4.78 is 67.5. The quantitative estimate of drug-likeness (QED) is 0.337. The number of hydrogen-bond donors (Lipinski definition) is 0. The van der Waals surface area contributed by atoms with E-state index in [2.05, 4.69) is 21.1 Å². The second kappa shape index (κ2) is 3.91. The zero-order valence-corrected chi connectivity index (χ0v) is 8.44. The SMILES string of the molecule is C=C(C)C(=O)OOC1(F)OCC(F)(F)C1(F)F. The predicted octanol–water partition coefficient (Wildman–Crippen LogP) is 1.96. The summed E-state index contributed by atoms with van der Waals surface area (Å²) in [6.45, 7) is 2.24. The highest BCUT2D eigenvalue weighted by Gasteiger charge is 2.80. The van der Waals surface area contributed by atoms with Crippen molar-refractivity contribution in [1.82, 2.24) is 0 Å². The average molecular weight is 262 g/mol. The fourth-order valence-electron chi connectivity index (χ4n) is 0.822. The highest BCUT2D eigenvalue weighted by Crippen LogP contribution is 2.51. The molecule has 9 heteroatoms. The Morgan fingerprint density at radius 1 is 1.29 bits per heavy atom. The monoisotopic (exact) mass is 262 g/mol. The smallest absolute Gasteiger partial charge is 0.310 e. The number of carbonyl (C=O) groups excluding carboxylic acids is 1. The lowest BCUT2D eigenvalue weighted by atomic mass is 10.2. The third-order valence-electron chi connectivity index (χ3n) is 1.85. The lowest BCUT2D eigenvalue weighted by Gasteiger charge is -2.24. The molecule has 1 heterocycles. The Morgan fingerprint density at radius 2 is 1.82 bits per heavy atom. The molecule has 1 saturated heterocycles.